The van der Waals surface area contributed by atoms with Crippen molar-refractivity contribution in [2.24, 2.45) is 0 Å². The molecule has 1 saturated heterocycles. The van der Waals surface area contributed by atoms with Gasteiger partial charge in [0.25, 0.3) is 15.0 Å². The average Bonchev–Trinajstić information content (AvgIpc) is 2.32. The van der Waals surface area contributed by atoms with Crippen LogP contribution in [0.15, 0.2) is 23.2 Å². The predicted molar refractivity (Wildman–Crippen MR) is 64.1 cm³/mol. The molecule has 1 N–H and O–H groups in total. The van der Waals surface area contributed by atoms with Gasteiger partial charge in [-0.15, -0.1) is 0 Å². The number of aromatic nitrogens is 1. The Balaban J connectivity index is 2.08. The van der Waals surface area contributed by atoms with Crippen molar-refractivity contribution in [1.29, 1.82) is 0 Å². The molecule has 1 aromatic heterocycles. The number of nitrogens with one attached hydrogen (secondary N) is 1. The fourth-order valence-electron chi connectivity index (χ4n) is 1.51. The number of nitrogens with zero attached hydrogens (tertiary/aromatic N) is 1. The highest BCUT2D eigenvalue weighted by Crippen LogP contribution is 2.18. The molecule has 1 aliphatic rings. The summed E-state index contributed by atoms with van der Waals surface area (Å²) in [4.78, 5) is 26.0. The molecular formula is C10H9ClN2O5S. The molecule has 1 fully saturated rings. The van der Waals surface area contributed by atoms with Crippen LogP contribution >= 0.6 is 10.7 Å². The number of imide groups is 1. The summed E-state index contributed by atoms with van der Waals surface area (Å²) < 4.78 is 27.3. The lowest BCUT2D eigenvalue weighted by molar-refractivity contribution is -0.139. The minimum absolute atomic E-state index is 0.0820. The summed E-state index contributed by atoms with van der Waals surface area (Å²) in [6.07, 6.45) is 0.652. The Bertz CT molecular complexity index is 613. The van der Waals surface area contributed by atoms with Gasteiger partial charge in [-0.25, -0.2) is 13.4 Å². The van der Waals surface area contributed by atoms with E-state index in [9.17, 15) is 18.0 Å². The van der Waals surface area contributed by atoms with Gasteiger partial charge in [-0.05, 0) is 6.07 Å². The van der Waals surface area contributed by atoms with E-state index in [1.807, 2.05) is 0 Å². The molecule has 2 rings (SSSR count). The summed E-state index contributed by atoms with van der Waals surface area (Å²) in [5, 5.41) is 2.14. The number of amides is 2. The molecule has 1 unspecified atom stereocenters. The lowest BCUT2D eigenvalue weighted by Crippen LogP contribution is -2.46. The minimum atomic E-state index is -3.84. The Morgan fingerprint density at radius 3 is 2.63 bits per heavy atom. The van der Waals surface area contributed by atoms with E-state index < -0.39 is 21.1 Å². The first-order chi connectivity index (χ1) is 8.86. The highest BCUT2D eigenvalue weighted by molar-refractivity contribution is 8.13. The van der Waals surface area contributed by atoms with Crippen molar-refractivity contribution < 1.29 is 22.7 Å². The van der Waals surface area contributed by atoms with E-state index in [0.717, 1.165) is 6.20 Å². The van der Waals surface area contributed by atoms with Crippen molar-refractivity contribution in [3.63, 3.8) is 0 Å². The highest BCUT2D eigenvalue weighted by Gasteiger charge is 2.28. The number of carbonyl (C=O) groups is 2. The SMILES string of the molecule is O=C1CCC(Oc2ccc(S(=O)(=O)Cl)cn2)C(=O)N1. The summed E-state index contributed by atoms with van der Waals surface area (Å²) in [5.41, 5.74) is 0. The van der Waals surface area contributed by atoms with Crippen LogP contribution in [0.2, 0.25) is 0 Å². The predicted octanol–water partition coefficient (Wildman–Crippen LogP) is 0.193. The van der Waals surface area contributed by atoms with Gasteiger partial charge in [0.05, 0.1) is 6.20 Å². The molecule has 0 spiro atoms. The third kappa shape index (κ3) is 3.42. The number of ether oxygens (including phenoxy) is 1. The van der Waals surface area contributed by atoms with Crippen LogP contribution in [0, 0.1) is 0 Å². The van der Waals surface area contributed by atoms with E-state index in [2.05, 4.69) is 10.3 Å². The van der Waals surface area contributed by atoms with Crippen LogP contribution in [-0.4, -0.2) is 31.3 Å². The van der Waals surface area contributed by atoms with Crippen molar-refractivity contribution in [3.05, 3.63) is 18.3 Å². The van der Waals surface area contributed by atoms with Gasteiger partial charge in [-0.1, -0.05) is 0 Å². The molecule has 0 bridgehead atoms. The van der Waals surface area contributed by atoms with Gasteiger partial charge in [0.15, 0.2) is 6.10 Å². The molecule has 102 valence electrons. The number of rotatable bonds is 3. The Labute approximate surface area is 113 Å². The zero-order valence-corrected chi connectivity index (χ0v) is 11.1. The molecule has 0 aliphatic carbocycles. The highest BCUT2D eigenvalue weighted by atomic mass is 35.7. The molecule has 0 aromatic carbocycles. The Kier molecular flexibility index (Phi) is 3.72. The van der Waals surface area contributed by atoms with Crippen molar-refractivity contribution in [1.82, 2.24) is 10.3 Å². The zero-order chi connectivity index (χ0) is 14.0. The van der Waals surface area contributed by atoms with Gasteiger partial charge >= 0.3 is 0 Å². The Hall–Kier alpha value is -1.67. The van der Waals surface area contributed by atoms with Gasteiger partial charge in [-0.3, -0.25) is 14.9 Å². The summed E-state index contributed by atoms with van der Waals surface area (Å²) >= 11 is 0. The first-order valence-corrected chi connectivity index (χ1v) is 7.58. The van der Waals surface area contributed by atoms with E-state index in [1.54, 1.807) is 0 Å². The quantitative estimate of drug-likeness (QED) is 0.632. The van der Waals surface area contributed by atoms with Crippen LogP contribution in [0.5, 0.6) is 5.88 Å². The minimum Gasteiger partial charge on any atom is -0.464 e. The summed E-state index contributed by atoms with van der Waals surface area (Å²) in [6.45, 7) is 0. The van der Waals surface area contributed by atoms with Crippen molar-refractivity contribution >= 4 is 31.5 Å². The first kappa shape index (κ1) is 13.8. The molecule has 1 aromatic rings. The van der Waals surface area contributed by atoms with Crippen LogP contribution < -0.4 is 10.1 Å². The summed E-state index contributed by atoms with van der Waals surface area (Å²) in [6, 6.07) is 2.51. The lowest BCUT2D eigenvalue weighted by Gasteiger charge is -2.21. The second-order valence-electron chi connectivity index (χ2n) is 3.83. The fraction of sp³-hybridized carbons (Fsp3) is 0.300. The largest absolute Gasteiger partial charge is 0.464 e. The maximum absolute atomic E-state index is 11.4. The zero-order valence-electron chi connectivity index (χ0n) is 9.50. The van der Waals surface area contributed by atoms with Gasteiger partial charge < -0.3 is 4.74 Å². The number of pyridine rings is 1. The maximum atomic E-state index is 11.4. The van der Waals surface area contributed by atoms with Crippen LogP contribution in [-0.2, 0) is 18.6 Å². The third-order valence-corrected chi connectivity index (χ3v) is 3.78. The van der Waals surface area contributed by atoms with Gasteiger partial charge in [0.1, 0.15) is 4.90 Å². The fourth-order valence-corrected chi connectivity index (χ4v) is 2.20. The maximum Gasteiger partial charge on any atom is 0.267 e. The summed E-state index contributed by atoms with van der Waals surface area (Å²) in [5.74, 6) is -0.799. The van der Waals surface area contributed by atoms with Gasteiger partial charge in [-0.2, -0.15) is 0 Å². The van der Waals surface area contributed by atoms with Crippen LogP contribution in [0.25, 0.3) is 0 Å². The molecule has 1 aliphatic heterocycles. The molecule has 0 saturated carbocycles. The smallest absolute Gasteiger partial charge is 0.267 e. The number of piperidine rings is 1. The first-order valence-electron chi connectivity index (χ1n) is 5.27. The van der Waals surface area contributed by atoms with E-state index >= 15 is 0 Å². The van der Waals surface area contributed by atoms with E-state index in [0.29, 0.717) is 0 Å². The van der Waals surface area contributed by atoms with E-state index in [-0.39, 0.29) is 29.5 Å². The monoisotopic (exact) mass is 304 g/mol. The van der Waals surface area contributed by atoms with E-state index in [4.69, 9.17) is 15.4 Å². The Morgan fingerprint density at radius 2 is 2.11 bits per heavy atom. The molecule has 2 heterocycles. The third-order valence-electron chi connectivity index (χ3n) is 2.44. The molecule has 19 heavy (non-hydrogen) atoms. The lowest BCUT2D eigenvalue weighted by atomic mass is 10.1. The number of halogens is 1. The number of hydrogen-bond donors (Lipinski definition) is 1. The second-order valence-corrected chi connectivity index (χ2v) is 6.39. The van der Waals surface area contributed by atoms with Crippen LogP contribution in [0.1, 0.15) is 12.8 Å². The van der Waals surface area contributed by atoms with Crippen LogP contribution in [0.4, 0.5) is 0 Å². The topological polar surface area (TPSA) is 102 Å². The summed E-state index contributed by atoms with van der Waals surface area (Å²) in [7, 11) is 1.29. The molecule has 2 amide bonds. The standard InChI is InChI=1S/C10H9ClN2O5S/c11-19(16,17)6-1-4-9(12-5-6)18-7-2-3-8(14)13-10(7)15/h1,4-5,7H,2-3H2,(H,13,14,15). The van der Waals surface area contributed by atoms with Crippen molar-refractivity contribution in [2.75, 3.05) is 0 Å². The van der Waals surface area contributed by atoms with Gasteiger partial charge in [0.2, 0.25) is 11.8 Å². The van der Waals surface area contributed by atoms with Crippen molar-refractivity contribution in [2.45, 2.75) is 23.8 Å². The van der Waals surface area contributed by atoms with E-state index in [1.165, 1.54) is 12.1 Å². The number of hydrogen-bond acceptors (Lipinski definition) is 6. The Morgan fingerprint density at radius 1 is 1.37 bits per heavy atom. The average molecular weight is 305 g/mol. The molecule has 0 radical (unpaired) electrons. The normalized spacial score (nSPS) is 19.9. The number of carbonyl (C=O) groups excluding carboxylic acids is 2. The molecule has 7 nitrogen and oxygen atoms in total. The van der Waals surface area contributed by atoms with Crippen molar-refractivity contribution in [3.8, 4) is 5.88 Å². The van der Waals surface area contributed by atoms with Crippen LogP contribution in [0.3, 0.4) is 0 Å². The molecule has 9 heteroatoms. The molecular weight excluding hydrogens is 296 g/mol. The van der Waals surface area contributed by atoms with Gasteiger partial charge in [0, 0.05) is 29.6 Å². The second kappa shape index (κ2) is 5.14. The molecule has 1 atom stereocenters.